The Kier molecular flexibility index (Phi) is 6.25. The number of amides is 1. The van der Waals surface area contributed by atoms with Crippen molar-refractivity contribution in [2.75, 3.05) is 38.5 Å². The summed E-state index contributed by atoms with van der Waals surface area (Å²) in [5, 5.41) is 3.96. The van der Waals surface area contributed by atoms with Crippen molar-refractivity contribution in [3.63, 3.8) is 0 Å². The van der Waals surface area contributed by atoms with Crippen molar-refractivity contribution >= 4 is 28.2 Å². The number of hydrogen-bond donors (Lipinski definition) is 1. The third-order valence-corrected chi connectivity index (χ3v) is 5.80. The molecule has 0 radical (unpaired) electrons. The predicted molar refractivity (Wildman–Crippen MR) is 119 cm³/mol. The van der Waals surface area contributed by atoms with Gasteiger partial charge in [-0.15, -0.1) is 11.3 Å². The van der Waals surface area contributed by atoms with E-state index < -0.39 is 0 Å². The Morgan fingerprint density at radius 3 is 2.60 bits per heavy atom. The Bertz CT molecular complexity index is 1000. The summed E-state index contributed by atoms with van der Waals surface area (Å²) in [7, 11) is 2.07. The highest BCUT2D eigenvalue weighted by Crippen LogP contribution is 2.29. The molecule has 7 nitrogen and oxygen atoms in total. The van der Waals surface area contributed by atoms with Crippen LogP contribution in [0.1, 0.15) is 20.8 Å². The SMILES string of the molecule is Cc1cnc(Nc2ncc(C(=O)N3CCN(C)CC3)cc2OCc2ccccc2)s1. The molecule has 1 aliphatic heterocycles. The summed E-state index contributed by atoms with van der Waals surface area (Å²) in [6.07, 6.45) is 3.42. The highest BCUT2D eigenvalue weighted by Gasteiger charge is 2.22. The van der Waals surface area contributed by atoms with Crippen LogP contribution in [-0.2, 0) is 6.61 Å². The fourth-order valence-corrected chi connectivity index (χ4v) is 3.87. The van der Waals surface area contributed by atoms with Crippen LogP contribution in [0.5, 0.6) is 5.75 Å². The molecule has 3 heterocycles. The van der Waals surface area contributed by atoms with Crippen LogP contribution < -0.4 is 10.1 Å². The summed E-state index contributed by atoms with van der Waals surface area (Å²) < 4.78 is 6.07. The van der Waals surface area contributed by atoms with Gasteiger partial charge >= 0.3 is 0 Å². The minimum absolute atomic E-state index is 0.0168. The van der Waals surface area contributed by atoms with E-state index >= 15 is 0 Å². The number of likely N-dealkylation sites (N-methyl/N-ethyl adjacent to an activating group) is 1. The van der Waals surface area contributed by atoms with Crippen LogP contribution in [0.25, 0.3) is 0 Å². The number of anilines is 2. The number of ether oxygens (including phenoxy) is 1. The van der Waals surface area contributed by atoms with Crippen LogP contribution in [0.15, 0.2) is 48.8 Å². The number of carbonyl (C=O) groups excluding carboxylic acids is 1. The van der Waals surface area contributed by atoms with E-state index in [1.54, 1.807) is 23.6 Å². The lowest BCUT2D eigenvalue weighted by molar-refractivity contribution is 0.0663. The maximum absolute atomic E-state index is 13.0. The molecule has 0 unspecified atom stereocenters. The normalized spacial score (nSPS) is 14.5. The van der Waals surface area contributed by atoms with Gasteiger partial charge in [-0.1, -0.05) is 30.3 Å². The van der Waals surface area contributed by atoms with Crippen LogP contribution in [0, 0.1) is 6.92 Å². The number of benzene rings is 1. The number of carbonyl (C=O) groups is 1. The van der Waals surface area contributed by atoms with Crippen LogP contribution in [0.3, 0.4) is 0 Å². The number of pyridine rings is 1. The highest BCUT2D eigenvalue weighted by atomic mass is 32.1. The Morgan fingerprint density at radius 1 is 1.13 bits per heavy atom. The Morgan fingerprint density at radius 2 is 1.90 bits per heavy atom. The van der Waals surface area contributed by atoms with Gasteiger partial charge in [0.1, 0.15) is 6.61 Å². The van der Waals surface area contributed by atoms with Crippen LogP contribution >= 0.6 is 11.3 Å². The summed E-state index contributed by atoms with van der Waals surface area (Å²) in [4.78, 5) is 27.0. The molecule has 0 atom stereocenters. The van der Waals surface area contributed by atoms with Crippen LogP contribution in [0.4, 0.5) is 10.9 Å². The summed E-state index contributed by atoms with van der Waals surface area (Å²) in [5.74, 6) is 1.07. The number of rotatable bonds is 6. The number of piperazine rings is 1. The van der Waals surface area contributed by atoms with Crippen molar-refractivity contribution in [2.45, 2.75) is 13.5 Å². The summed E-state index contributed by atoms with van der Waals surface area (Å²) in [5.41, 5.74) is 1.58. The second-order valence-corrected chi connectivity index (χ2v) is 8.58. The molecule has 156 valence electrons. The molecule has 0 spiro atoms. The zero-order chi connectivity index (χ0) is 20.9. The lowest BCUT2D eigenvalue weighted by Crippen LogP contribution is -2.47. The first-order chi connectivity index (χ1) is 14.6. The Labute approximate surface area is 180 Å². The maximum Gasteiger partial charge on any atom is 0.255 e. The number of aromatic nitrogens is 2. The fourth-order valence-electron chi connectivity index (χ4n) is 3.21. The van der Waals surface area contributed by atoms with E-state index in [0.717, 1.165) is 28.7 Å². The molecule has 0 aliphatic carbocycles. The van der Waals surface area contributed by atoms with Crippen LogP contribution in [-0.4, -0.2) is 58.9 Å². The average Bonchev–Trinajstić information content (AvgIpc) is 3.18. The fraction of sp³-hybridized carbons (Fsp3) is 0.318. The van der Waals surface area contributed by atoms with Crippen molar-refractivity contribution < 1.29 is 9.53 Å². The summed E-state index contributed by atoms with van der Waals surface area (Å²) >= 11 is 1.54. The Balaban J connectivity index is 1.56. The number of thiazole rings is 1. The monoisotopic (exact) mass is 423 g/mol. The third-order valence-electron chi connectivity index (χ3n) is 4.97. The zero-order valence-corrected chi connectivity index (χ0v) is 18.0. The molecule has 30 heavy (non-hydrogen) atoms. The van der Waals surface area contributed by atoms with E-state index in [1.165, 1.54) is 0 Å². The minimum atomic E-state index is -0.0168. The van der Waals surface area contributed by atoms with Crippen LogP contribution in [0.2, 0.25) is 0 Å². The van der Waals surface area contributed by atoms with Crippen molar-refractivity contribution in [3.05, 3.63) is 64.8 Å². The molecular weight excluding hydrogens is 398 g/mol. The third kappa shape index (κ3) is 4.95. The van der Waals surface area contributed by atoms with Gasteiger partial charge in [0.05, 0.1) is 5.56 Å². The quantitative estimate of drug-likeness (QED) is 0.654. The molecule has 1 fully saturated rings. The van der Waals surface area contributed by atoms with E-state index in [0.29, 0.717) is 36.8 Å². The zero-order valence-electron chi connectivity index (χ0n) is 17.2. The van der Waals surface area contributed by atoms with Crippen molar-refractivity contribution in [2.24, 2.45) is 0 Å². The number of hydrogen-bond acceptors (Lipinski definition) is 7. The minimum Gasteiger partial charge on any atom is -0.485 e. The maximum atomic E-state index is 13.0. The summed E-state index contributed by atoms with van der Waals surface area (Å²) in [6.45, 7) is 5.57. The van der Waals surface area contributed by atoms with Gasteiger partial charge in [0, 0.05) is 43.4 Å². The highest BCUT2D eigenvalue weighted by molar-refractivity contribution is 7.15. The van der Waals surface area contributed by atoms with E-state index in [4.69, 9.17) is 4.74 Å². The second-order valence-electron chi connectivity index (χ2n) is 7.34. The molecular formula is C22H25N5O2S. The molecule has 0 bridgehead atoms. The van der Waals surface area contributed by atoms with E-state index in [1.807, 2.05) is 48.4 Å². The van der Waals surface area contributed by atoms with E-state index in [9.17, 15) is 4.79 Å². The van der Waals surface area contributed by atoms with E-state index in [-0.39, 0.29) is 5.91 Å². The Hall–Kier alpha value is -2.97. The van der Waals surface area contributed by atoms with Gasteiger partial charge in [-0.05, 0) is 25.6 Å². The lowest BCUT2D eigenvalue weighted by Gasteiger charge is -2.32. The number of nitrogens with one attached hydrogen (secondary N) is 1. The molecule has 0 saturated carbocycles. The molecule has 2 aromatic heterocycles. The molecule has 4 rings (SSSR count). The second kappa shape index (κ2) is 9.23. The first kappa shape index (κ1) is 20.3. The smallest absolute Gasteiger partial charge is 0.255 e. The molecule has 3 aromatic rings. The first-order valence-electron chi connectivity index (χ1n) is 9.92. The molecule has 1 aromatic carbocycles. The molecule has 1 amide bonds. The molecule has 1 saturated heterocycles. The molecule has 8 heteroatoms. The number of aryl methyl sites for hydroxylation is 1. The van der Waals surface area contributed by atoms with Crippen molar-refractivity contribution in [1.29, 1.82) is 0 Å². The lowest BCUT2D eigenvalue weighted by atomic mass is 10.2. The molecule has 1 N–H and O–H groups in total. The number of nitrogens with zero attached hydrogens (tertiary/aromatic N) is 4. The predicted octanol–water partition coefficient (Wildman–Crippen LogP) is 3.56. The van der Waals surface area contributed by atoms with E-state index in [2.05, 4.69) is 27.2 Å². The standard InChI is InChI=1S/C22H25N5O2S/c1-16-13-24-22(30-16)25-20-19(29-15-17-6-4-3-5-7-17)12-18(14-23-20)21(28)27-10-8-26(2)9-11-27/h3-7,12-14H,8-11,15H2,1-2H3,(H,23,24,25). The topological polar surface area (TPSA) is 70.6 Å². The average molecular weight is 424 g/mol. The van der Waals surface area contributed by atoms with Gasteiger partial charge in [0.2, 0.25) is 0 Å². The van der Waals surface area contributed by atoms with Gasteiger partial charge in [-0.3, -0.25) is 4.79 Å². The van der Waals surface area contributed by atoms with Gasteiger partial charge < -0.3 is 19.9 Å². The van der Waals surface area contributed by atoms with Gasteiger partial charge in [0.25, 0.3) is 5.91 Å². The van der Waals surface area contributed by atoms with Crippen molar-refractivity contribution in [1.82, 2.24) is 19.8 Å². The van der Waals surface area contributed by atoms with Gasteiger partial charge in [-0.25, -0.2) is 9.97 Å². The first-order valence-corrected chi connectivity index (χ1v) is 10.7. The van der Waals surface area contributed by atoms with Crippen molar-refractivity contribution in [3.8, 4) is 5.75 Å². The van der Waals surface area contributed by atoms with Gasteiger partial charge in [0.15, 0.2) is 16.7 Å². The largest absolute Gasteiger partial charge is 0.485 e. The summed E-state index contributed by atoms with van der Waals surface area (Å²) in [6, 6.07) is 11.7. The van der Waals surface area contributed by atoms with Gasteiger partial charge in [-0.2, -0.15) is 0 Å². The molecule has 1 aliphatic rings.